The Morgan fingerprint density at radius 3 is 2.54 bits per heavy atom. The highest BCUT2D eigenvalue weighted by Gasteiger charge is 2.31. The van der Waals surface area contributed by atoms with Gasteiger partial charge in [0.25, 0.3) is 5.91 Å². The molecule has 1 aliphatic heterocycles. The van der Waals surface area contributed by atoms with E-state index in [0.29, 0.717) is 17.7 Å². The van der Waals surface area contributed by atoms with Gasteiger partial charge in [-0.3, -0.25) is 9.59 Å². The molecule has 0 aliphatic carbocycles. The van der Waals surface area contributed by atoms with E-state index >= 15 is 0 Å². The fourth-order valence-corrected chi connectivity index (χ4v) is 3.05. The second-order valence-corrected chi connectivity index (χ2v) is 6.57. The molecule has 0 saturated carbocycles. The summed E-state index contributed by atoms with van der Waals surface area (Å²) >= 11 is 0. The van der Waals surface area contributed by atoms with Crippen molar-refractivity contribution in [1.29, 1.82) is 0 Å². The Morgan fingerprint density at radius 1 is 1.23 bits per heavy atom. The molecule has 1 amide bonds. The minimum Gasteiger partial charge on any atom is -0.481 e. The third-order valence-electron chi connectivity index (χ3n) is 4.61. The van der Waals surface area contributed by atoms with Crippen molar-refractivity contribution in [2.24, 2.45) is 0 Å². The van der Waals surface area contributed by atoms with Crippen LogP contribution in [-0.2, 0) is 16.0 Å². The number of fused-ring (bicyclic) bond motifs is 1. The molecule has 2 atom stereocenters. The minimum absolute atomic E-state index is 0.296. The molecule has 6 heteroatoms. The van der Waals surface area contributed by atoms with Crippen LogP contribution in [0.25, 0.3) is 0 Å². The average molecular weight is 357 g/mol. The number of hydrogen-bond acceptors (Lipinski definition) is 3. The van der Waals surface area contributed by atoms with Crippen LogP contribution in [-0.4, -0.2) is 23.1 Å². The van der Waals surface area contributed by atoms with Crippen LogP contribution in [0.1, 0.15) is 34.7 Å². The predicted octanol–water partition coefficient (Wildman–Crippen LogP) is 3.08. The number of carbonyl (C=O) groups excluding carboxylic acids is 1. The monoisotopic (exact) mass is 357 g/mol. The fraction of sp³-hybridized carbons (Fsp3) is 0.300. The molecule has 0 fully saturated rings. The van der Waals surface area contributed by atoms with Crippen LogP contribution in [0, 0.1) is 19.7 Å². The molecule has 26 heavy (non-hydrogen) atoms. The van der Waals surface area contributed by atoms with Crippen molar-refractivity contribution >= 4 is 11.9 Å². The Hall–Kier alpha value is -2.89. The SMILES string of the molecule is Cc1cc2c(cc1C)OC(C(=O)NC(CC(=O)O)c1ccc(F)cc1)C2. The molecule has 136 valence electrons. The summed E-state index contributed by atoms with van der Waals surface area (Å²) in [5.74, 6) is -1.17. The zero-order chi connectivity index (χ0) is 18.8. The zero-order valence-corrected chi connectivity index (χ0v) is 14.6. The van der Waals surface area contributed by atoms with E-state index < -0.39 is 23.9 Å². The van der Waals surface area contributed by atoms with Crippen LogP contribution in [0.4, 0.5) is 4.39 Å². The molecule has 5 nitrogen and oxygen atoms in total. The lowest BCUT2D eigenvalue weighted by atomic mass is 10.0. The fourth-order valence-electron chi connectivity index (χ4n) is 3.05. The van der Waals surface area contributed by atoms with Gasteiger partial charge < -0.3 is 15.2 Å². The number of carboxylic acids is 1. The quantitative estimate of drug-likeness (QED) is 0.862. The number of carboxylic acid groups (broad SMARTS) is 1. The van der Waals surface area contributed by atoms with Gasteiger partial charge >= 0.3 is 5.97 Å². The van der Waals surface area contributed by atoms with E-state index in [4.69, 9.17) is 9.84 Å². The molecule has 0 saturated heterocycles. The second kappa shape index (κ2) is 7.15. The topological polar surface area (TPSA) is 75.6 Å². The molecule has 2 N–H and O–H groups in total. The smallest absolute Gasteiger partial charge is 0.305 e. The lowest BCUT2D eigenvalue weighted by Crippen LogP contribution is -2.40. The number of aryl methyl sites for hydroxylation is 2. The van der Waals surface area contributed by atoms with Crippen LogP contribution in [0.15, 0.2) is 36.4 Å². The number of carbonyl (C=O) groups is 2. The van der Waals surface area contributed by atoms with Crippen LogP contribution in [0.2, 0.25) is 0 Å². The molecule has 0 aromatic heterocycles. The Bertz CT molecular complexity index is 817. The maximum absolute atomic E-state index is 13.1. The summed E-state index contributed by atoms with van der Waals surface area (Å²) in [6, 6.07) is 8.59. The van der Waals surface area contributed by atoms with E-state index in [1.54, 1.807) is 0 Å². The van der Waals surface area contributed by atoms with Crippen molar-refractivity contribution in [3.8, 4) is 5.75 Å². The van der Waals surface area contributed by atoms with E-state index in [9.17, 15) is 14.0 Å². The van der Waals surface area contributed by atoms with Gasteiger partial charge in [0.05, 0.1) is 12.5 Å². The Morgan fingerprint density at radius 2 is 1.88 bits per heavy atom. The van der Waals surface area contributed by atoms with Crippen LogP contribution < -0.4 is 10.1 Å². The maximum Gasteiger partial charge on any atom is 0.305 e. The highest BCUT2D eigenvalue weighted by molar-refractivity contribution is 5.83. The first-order valence-corrected chi connectivity index (χ1v) is 8.38. The molecule has 3 rings (SSSR count). The molecule has 0 spiro atoms. The molecule has 2 aromatic carbocycles. The van der Waals surface area contributed by atoms with Gasteiger partial charge in [-0.2, -0.15) is 0 Å². The highest BCUT2D eigenvalue weighted by Crippen LogP contribution is 2.32. The molecule has 1 aliphatic rings. The molecule has 2 unspecified atom stereocenters. The lowest BCUT2D eigenvalue weighted by Gasteiger charge is -2.20. The number of halogens is 1. The Kier molecular flexibility index (Phi) is 4.93. The van der Waals surface area contributed by atoms with Crippen LogP contribution in [0.5, 0.6) is 5.75 Å². The Balaban J connectivity index is 1.74. The minimum atomic E-state index is -1.05. The maximum atomic E-state index is 13.1. The standard InChI is InChI=1S/C20H20FNO4/c1-11-7-14-9-18(26-17(14)8-12(11)2)20(25)22-16(10-19(23)24)13-3-5-15(21)6-4-13/h3-8,16,18H,9-10H2,1-2H3,(H,22,25)(H,23,24). The predicted molar refractivity (Wildman–Crippen MR) is 93.6 cm³/mol. The number of amides is 1. The molecular weight excluding hydrogens is 337 g/mol. The Labute approximate surface area is 150 Å². The van der Waals surface area contributed by atoms with Crippen molar-refractivity contribution in [1.82, 2.24) is 5.32 Å². The lowest BCUT2D eigenvalue weighted by molar-refractivity contribution is -0.138. The summed E-state index contributed by atoms with van der Waals surface area (Å²) in [6.45, 7) is 3.98. The summed E-state index contributed by atoms with van der Waals surface area (Å²) in [5, 5.41) is 11.8. The molecular formula is C20H20FNO4. The van der Waals surface area contributed by atoms with Crippen LogP contribution in [0.3, 0.4) is 0 Å². The summed E-state index contributed by atoms with van der Waals surface area (Å²) < 4.78 is 18.9. The normalized spacial score (nSPS) is 16.5. The molecule has 0 radical (unpaired) electrons. The van der Waals surface area contributed by atoms with Gasteiger partial charge in [0.2, 0.25) is 0 Å². The van der Waals surface area contributed by atoms with E-state index in [0.717, 1.165) is 16.7 Å². The number of ether oxygens (including phenoxy) is 1. The second-order valence-electron chi connectivity index (χ2n) is 6.57. The van der Waals surface area contributed by atoms with Gasteiger partial charge in [0, 0.05) is 6.42 Å². The third kappa shape index (κ3) is 3.85. The molecule has 0 bridgehead atoms. The van der Waals surface area contributed by atoms with E-state index in [1.807, 2.05) is 26.0 Å². The summed E-state index contributed by atoms with van der Waals surface area (Å²) in [4.78, 5) is 23.8. The number of nitrogens with one attached hydrogen (secondary N) is 1. The largest absolute Gasteiger partial charge is 0.481 e. The number of aliphatic carboxylic acids is 1. The van der Waals surface area contributed by atoms with Crippen molar-refractivity contribution in [2.75, 3.05) is 0 Å². The third-order valence-corrected chi connectivity index (χ3v) is 4.61. The first-order valence-electron chi connectivity index (χ1n) is 8.38. The summed E-state index contributed by atoms with van der Waals surface area (Å²) in [7, 11) is 0. The molecule has 1 heterocycles. The first kappa shape index (κ1) is 17.9. The van der Waals surface area contributed by atoms with Crippen molar-refractivity contribution < 1.29 is 23.8 Å². The number of hydrogen-bond donors (Lipinski definition) is 2. The van der Waals surface area contributed by atoms with Gasteiger partial charge in [-0.25, -0.2) is 4.39 Å². The molecule has 2 aromatic rings. The highest BCUT2D eigenvalue weighted by atomic mass is 19.1. The van der Waals surface area contributed by atoms with Crippen LogP contribution >= 0.6 is 0 Å². The zero-order valence-electron chi connectivity index (χ0n) is 14.6. The summed E-state index contributed by atoms with van der Waals surface area (Å²) in [6.07, 6.45) is -0.566. The van der Waals surface area contributed by atoms with Gasteiger partial charge in [0.1, 0.15) is 11.6 Å². The van der Waals surface area contributed by atoms with Gasteiger partial charge in [0.15, 0.2) is 6.10 Å². The number of rotatable bonds is 5. The first-order chi connectivity index (χ1) is 12.3. The van der Waals surface area contributed by atoms with Gasteiger partial charge in [-0.05, 0) is 54.3 Å². The van der Waals surface area contributed by atoms with E-state index in [-0.39, 0.29) is 12.3 Å². The van der Waals surface area contributed by atoms with E-state index in [2.05, 4.69) is 5.32 Å². The average Bonchev–Trinajstić information content (AvgIpc) is 2.98. The van der Waals surface area contributed by atoms with Gasteiger partial charge in [-0.15, -0.1) is 0 Å². The van der Waals surface area contributed by atoms with Crippen molar-refractivity contribution in [3.05, 3.63) is 64.5 Å². The van der Waals surface area contributed by atoms with Gasteiger partial charge in [-0.1, -0.05) is 18.2 Å². The summed E-state index contributed by atoms with van der Waals surface area (Å²) in [5.41, 5.74) is 3.71. The van der Waals surface area contributed by atoms with Crippen molar-refractivity contribution in [3.63, 3.8) is 0 Å². The van der Waals surface area contributed by atoms with E-state index in [1.165, 1.54) is 24.3 Å². The number of benzene rings is 2. The van der Waals surface area contributed by atoms with Crippen molar-refractivity contribution in [2.45, 2.75) is 38.8 Å².